The van der Waals surface area contributed by atoms with Crippen LogP contribution in [0, 0.1) is 0 Å². The minimum atomic E-state index is -0.215. The number of ether oxygens (including phenoxy) is 3. The van der Waals surface area contributed by atoms with Crippen LogP contribution in [0.3, 0.4) is 0 Å². The summed E-state index contributed by atoms with van der Waals surface area (Å²) in [6.07, 6.45) is 6.55. The lowest BCUT2D eigenvalue weighted by Crippen LogP contribution is -2.07. The zero-order chi connectivity index (χ0) is 19.6. The van der Waals surface area contributed by atoms with E-state index in [0.29, 0.717) is 17.2 Å². The smallest absolute Gasteiger partial charge is 0.248 e. The van der Waals surface area contributed by atoms with Crippen molar-refractivity contribution >= 4 is 17.7 Å². The van der Waals surface area contributed by atoms with Crippen molar-refractivity contribution in [1.29, 1.82) is 0 Å². The molecule has 1 N–H and O–H groups in total. The van der Waals surface area contributed by atoms with E-state index in [1.54, 1.807) is 33.5 Å². The molecule has 0 spiro atoms. The van der Waals surface area contributed by atoms with Crippen molar-refractivity contribution < 1.29 is 19.0 Å². The summed E-state index contributed by atoms with van der Waals surface area (Å²) in [5.41, 5.74) is 2.77. The van der Waals surface area contributed by atoms with Crippen molar-refractivity contribution in [3.8, 4) is 17.2 Å². The van der Waals surface area contributed by atoms with Gasteiger partial charge in [-0.25, -0.2) is 0 Å². The molecule has 2 aromatic rings. The molecule has 27 heavy (non-hydrogen) atoms. The molecule has 0 bridgehead atoms. The molecule has 0 aliphatic heterocycles. The van der Waals surface area contributed by atoms with Gasteiger partial charge in [0.25, 0.3) is 0 Å². The summed E-state index contributed by atoms with van der Waals surface area (Å²) in [5, 5.41) is 2.86. The van der Waals surface area contributed by atoms with Gasteiger partial charge in [0.15, 0.2) is 11.5 Å². The molecule has 0 unspecified atom stereocenters. The predicted octanol–water partition coefficient (Wildman–Crippen LogP) is 4.71. The highest BCUT2D eigenvalue weighted by Gasteiger charge is 2.14. The summed E-state index contributed by atoms with van der Waals surface area (Å²) < 4.78 is 16.0. The standard InChI is InChI=1S/C22H27NO4/c1-5-6-7-16-8-12-18(13-9-16)23-20(24)15-11-17-10-14-19(25-2)22(27-4)21(17)26-3/h8-15H,5-7H2,1-4H3,(H,23,24)/b15-11+. The lowest BCUT2D eigenvalue weighted by atomic mass is 10.1. The number of nitrogens with one attached hydrogen (secondary N) is 1. The van der Waals surface area contributed by atoms with Gasteiger partial charge in [-0.15, -0.1) is 0 Å². The second-order valence-electron chi connectivity index (χ2n) is 6.05. The van der Waals surface area contributed by atoms with E-state index in [0.717, 1.165) is 17.7 Å². The minimum Gasteiger partial charge on any atom is -0.493 e. The Morgan fingerprint density at radius 1 is 0.963 bits per heavy atom. The van der Waals surface area contributed by atoms with Gasteiger partial charge in [0, 0.05) is 17.3 Å². The largest absolute Gasteiger partial charge is 0.493 e. The molecule has 2 rings (SSSR count). The van der Waals surface area contributed by atoms with E-state index in [4.69, 9.17) is 14.2 Å². The number of carbonyl (C=O) groups excluding carboxylic acids is 1. The van der Waals surface area contributed by atoms with Crippen LogP contribution in [-0.2, 0) is 11.2 Å². The maximum atomic E-state index is 12.2. The number of unbranched alkanes of at least 4 members (excludes halogenated alkanes) is 1. The van der Waals surface area contributed by atoms with Crippen molar-refractivity contribution in [3.63, 3.8) is 0 Å². The first-order valence-corrected chi connectivity index (χ1v) is 8.99. The fourth-order valence-electron chi connectivity index (χ4n) is 2.74. The highest BCUT2D eigenvalue weighted by Crippen LogP contribution is 2.40. The fraction of sp³-hybridized carbons (Fsp3) is 0.318. The lowest BCUT2D eigenvalue weighted by Gasteiger charge is -2.14. The minimum absolute atomic E-state index is 0.215. The van der Waals surface area contributed by atoms with E-state index in [-0.39, 0.29) is 5.91 Å². The summed E-state index contributed by atoms with van der Waals surface area (Å²) in [5.74, 6) is 1.36. The third-order valence-electron chi connectivity index (χ3n) is 4.19. The Bertz CT molecular complexity index is 782. The Morgan fingerprint density at radius 2 is 1.67 bits per heavy atom. The number of benzene rings is 2. The maximum Gasteiger partial charge on any atom is 0.248 e. The first kappa shape index (κ1) is 20.4. The van der Waals surface area contributed by atoms with Crippen LogP contribution in [-0.4, -0.2) is 27.2 Å². The topological polar surface area (TPSA) is 56.8 Å². The highest BCUT2D eigenvalue weighted by molar-refractivity contribution is 6.02. The van der Waals surface area contributed by atoms with Crippen LogP contribution >= 0.6 is 0 Å². The summed E-state index contributed by atoms with van der Waals surface area (Å²) >= 11 is 0. The Morgan fingerprint density at radius 3 is 2.26 bits per heavy atom. The molecule has 0 radical (unpaired) electrons. The van der Waals surface area contributed by atoms with Gasteiger partial charge in [-0.3, -0.25) is 4.79 Å². The SMILES string of the molecule is CCCCc1ccc(NC(=O)/C=C/c2ccc(OC)c(OC)c2OC)cc1. The molecule has 144 valence electrons. The average Bonchev–Trinajstić information content (AvgIpc) is 2.70. The van der Waals surface area contributed by atoms with Gasteiger partial charge in [-0.2, -0.15) is 0 Å². The van der Waals surface area contributed by atoms with Crippen LogP contribution in [0.5, 0.6) is 17.2 Å². The van der Waals surface area contributed by atoms with Crippen molar-refractivity contribution in [2.75, 3.05) is 26.6 Å². The zero-order valence-electron chi connectivity index (χ0n) is 16.4. The van der Waals surface area contributed by atoms with Crippen LogP contribution < -0.4 is 19.5 Å². The quantitative estimate of drug-likeness (QED) is 0.651. The van der Waals surface area contributed by atoms with Crippen molar-refractivity contribution in [2.45, 2.75) is 26.2 Å². The number of hydrogen-bond donors (Lipinski definition) is 1. The van der Waals surface area contributed by atoms with Gasteiger partial charge >= 0.3 is 0 Å². The molecular weight excluding hydrogens is 342 g/mol. The molecule has 5 nitrogen and oxygen atoms in total. The van der Waals surface area contributed by atoms with Gasteiger partial charge in [-0.1, -0.05) is 25.5 Å². The normalized spacial score (nSPS) is 10.7. The molecular formula is C22H27NO4. The number of amides is 1. The summed E-state index contributed by atoms with van der Waals surface area (Å²) in [7, 11) is 4.66. The van der Waals surface area contributed by atoms with E-state index in [1.807, 2.05) is 30.3 Å². The van der Waals surface area contributed by atoms with Crippen molar-refractivity contribution in [1.82, 2.24) is 0 Å². The molecule has 0 saturated carbocycles. The second-order valence-corrected chi connectivity index (χ2v) is 6.05. The van der Waals surface area contributed by atoms with Crippen LogP contribution in [0.1, 0.15) is 30.9 Å². The lowest BCUT2D eigenvalue weighted by molar-refractivity contribution is -0.111. The first-order chi connectivity index (χ1) is 13.1. The fourth-order valence-corrected chi connectivity index (χ4v) is 2.74. The van der Waals surface area contributed by atoms with E-state index >= 15 is 0 Å². The predicted molar refractivity (Wildman–Crippen MR) is 109 cm³/mol. The van der Waals surface area contributed by atoms with Crippen LogP contribution in [0.4, 0.5) is 5.69 Å². The van der Waals surface area contributed by atoms with Crippen LogP contribution in [0.2, 0.25) is 0 Å². The maximum absolute atomic E-state index is 12.2. The third-order valence-corrected chi connectivity index (χ3v) is 4.19. The molecule has 5 heteroatoms. The Labute approximate surface area is 161 Å². The highest BCUT2D eigenvalue weighted by atomic mass is 16.5. The molecule has 1 amide bonds. The van der Waals surface area contributed by atoms with E-state index in [2.05, 4.69) is 12.2 Å². The van der Waals surface area contributed by atoms with Gasteiger partial charge in [0.05, 0.1) is 21.3 Å². The van der Waals surface area contributed by atoms with E-state index in [1.165, 1.54) is 24.5 Å². The number of aryl methyl sites for hydroxylation is 1. The van der Waals surface area contributed by atoms with Gasteiger partial charge in [0.2, 0.25) is 11.7 Å². The molecule has 2 aromatic carbocycles. The monoisotopic (exact) mass is 369 g/mol. The second kappa shape index (κ2) is 10.3. The Hall–Kier alpha value is -2.95. The molecule has 0 aliphatic carbocycles. The van der Waals surface area contributed by atoms with Gasteiger partial charge in [0.1, 0.15) is 0 Å². The van der Waals surface area contributed by atoms with Crippen LogP contribution in [0.25, 0.3) is 6.08 Å². The Balaban J connectivity index is 2.08. The number of carbonyl (C=O) groups is 1. The Kier molecular flexibility index (Phi) is 7.74. The summed E-state index contributed by atoms with van der Waals surface area (Å²) in [6, 6.07) is 11.5. The molecule has 0 heterocycles. The molecule has 0 saturated heterocycles. The third kappa shape index (κ3) is 5.51. The number of rotatable bonds is 9. The molecule has 0 fully saturated rings. The number of methoxy groups -OCH3 is 3. The molecule has 0 aromatic heterocycles. The number of hydrogen-bond acceptors (Lipinski definition) is 4. The van der Waals surface area contributed by atoms with Crippen molar-refractivity contribution in [2.24, 2.45) is 0 Å². The zero-order valence-corrected chi connectivity index (χ0v) is 16.4. The van der Waals surface area contributed by atoms with E-state index < -0.39 is 0 Å². The molecule has 0 atom stereocenters. The van der Waals surface area contributed by atoms with Crippen molar-refractivity contribution in [3.05, 3.63) is 53.6 Å². The first-order valence-electron chi connectivity index (χ1n) is 8.99. The van der Waals surface area contributed by atoms with E-state index in [9.17, 15) is 4.79 Å². The molecule has 0 aliphatic rings. The average molecular weight is 369 g/mol. The van der Waals surface area contributed by atoms with Gasteiger partial charge < -0.3 is 19.5 Å². The van der Waals surface area contributed by atoms with Gasteiger partial charge in [-0.05, 0) is 48.7 Å². The summed E-state index contributed by atoms with van der Waals surface area (Å²) in [6.45, 7) is 2.17. The van der Waals surface area contributed by atoms with Crippen LogP contribution in [0.15, 0.2) is 42.5 Å². The summed E-state index contributed by atoms with van der Waals surface area (Å²) in [4.78, 5) is 12.2. The number of anilines is 1.